The predicted molar refractivity (Wildman–Crippen MR) is 29.6 cm³/mol. The molecule has 0 saturated heterocycles. The van der Waals surface area contributed by atoms with Crippen LogP contribution < -0.4 is 4.74 Å². The quantitative estimate of drug-likeness (QED) is 0.560. The van der Waals surface area contributed by atoms with Crippen LogP contribution in [-0.4, -0.2) is 12.1 Å². The minimum Gasteiger partial charge on any atom is -0.494 e. The summed E-state index contributed by atoms with van der Waals surface area (Å²) in [5.74, 6) is -0.291. The summed E-state index contributed by atoms with van der Waals surface area (Å²) >= 11 is 0. The molecule has 0 aliphatic heterocycles. The van der Waals surface area contributed by atoms with E-state index in [-0.39, 0.29) is 5.75 Å². The second kappa shape index (κ2) is 2.44. The average Bonchev–Trinajstić information content (AvgIpc) is 1.89. The Morgan fingerprint density at radius 1 is 1.78 bits per heavy atom. The molecule has 0 spiro atoms. The summed E-state index contributed by atoms with van der Waals surface area (Å²) < 4.78 is 17.0. The Morgan fingerprint density at radius 2 is 2.56 bits per heavy atom. The minimum absolute atomic E-state index is 0.171. The first kappa shape index (κ1) is 6.01. The molecule has 1 aromatic heterocycles. The van der Waals surface area contributed by atoms with Crippen molar-refractivity contribution in [1.29, 1.82) is 0 Å². The molecule has 0 amide bonds. The Hall–Kier alpha value is -1.12. The van der Waals surface area contributed by atoms with Gasteiger partial charge >= 0.3 is 0 Å². The molecule has 3 heteroatoms. The number of halogens is 1. The van der Waals surface area contributed by atoms with Crippen LogP contribution in [0.5, 0.6) is 5.75 Å². The summed E-state index contributed by atoms with van der Waals surface area (Å²) in [6.07, 6.45) is 3.49. The van der Waals surface area contributed by atoms with Crippen molar-refractivity contribution in [3.63, 3.8) is 0 Å². The van der Waals surface area contributed by atoms with Crippen molar-refractivity contribution in [2.45, 2.75) is 0 Å². The molecule has 1 rings (SSSR count). The van der Waals surface area contributed by atoms with Crippen molar-refractivity contribution in [2.75, 3.05) is 7.11 Å². The Bertz CT molecular complexity index is 202. The monoisotopic (exact) mass is 126 g/mol. The molecular formula is C6H5FNO. The molecule has 9 heavy (non-hydrogen) atoms. The minimum atomic E-state index is -0.462. The average molecular weight is 126 g/mol. The second-order valence-electron chi connectivity index (χ2n) is 1.45. The second-order valence-corrected chi connectivity index (χ2v) is 1.45. The van der Waals surface area contributed by atoms with Crippen LogP contribution >= 0.6 is 0 Å². The number of hydrogen-bond acceptors (Lipinski definition) is 2. The first-order valence-electron chi connectivity index (χ1n) is 2.40. The van der Waals surface area contributed by atoms with Gasteiger partial charge in [0, 0.05) is 6.07 Å². The van der Waals surface area contributed by atoms with Gasteiger partial charge < -0.3 is 4.74 Å². The molecule has 0 aliphatic carbocycles. The molecule has 0 bridgehead atoms. The first-order valence-corrected chi connectivity index (χ1v) is 2.40. The molecule has 1 radical (unpaired) electrons. The molecule has 0 atom stereocenters. The Labute approximate surface area is 52.3 Å². The summed E-state index contributed by atoms with van der Waals surface area (Å²) in [6, 6.07) is 1.34. The van der Waals surface area contributed by atoms with Crippen LogP contribution in [0, 0.1) is 12.0 Å². The van der Waals surface area contributed by atoms with E-state index in [9.17, 15) is 4.39 Å². The number of ether oxygens (including phenoxy) is 1. The van der Waals surface area contributed by atoms with Crippen LogP contribution in [-0.2, 0) is 0 Å². The molecule has 0 unspecified atom stereocenters. The van der Waals surface area contributed by atoms with Crippen molar-refractivity contribution >= 4 is 0 Å². The lowest BCUT2D eigenvalue weighted by Crippen LogP contribution is -1.87. The van der Waals surface area contributed by atoms with Crippen molar-refractivity contribution in [3.05, 3.63) is 24.3 Å². The number of nitrogens with zero attached hydrogens (tertiary/aromatic N) is 1. The van der Waals surface area contributed by atoms with Crippen LogP contribution in [0.4, 0.5) is 4.39 Å². The highest BCUT2D eigenvalue weighted by Gasteiger charge is 1.97. The molecule has 2 nitrogen and oxygen atoms in total. The summed E-state index contributed by atoms with van der Waals surface area (Å²) in [4.78, 5) is 3.41. The van der Waals surface area contributed by atoms with Gasteiger partial charge in [0.15, 0.2) is 11.6 Å². The van der Waals surface area contributed by atoms with Gasteiger partial charge in [-0.1, -0.05) is 0 Å². The van der Waals surface area contributed by atoms with Crippen molar-refractivity contribution in [2.24, 2.45) is 0 Å². The highest BCUT2D eigenvalue weighted by Crippen LogP contribution is 2.11. The van der Waals surface area contributed by atoms with Gasteiger partial charge in [-0.25, -0.2) is 4.39 Å². The maximum atomic E-state index is 12.4. The van der Waals surface area contributed by atoms with Crippen LogP contribution in [0.2, 0.25) is 0 Å². The molecular weight excluding hydrogens is 121 g/mol. The Balaban J connectivity index is 3.01. The van der Waals surface area contributed by atoms with Gasteiger partial charge in [-0.05, 0) is 0 Å². The van der Waals surface area contributed by atoms with Gasteiger partial charge in [0.05, 0.1) is 19.5 Å². The van der Waals surface area contributed by atoms with Crippen molar-refractivity contribution in [3.8, 4) is 5.75 Å². The molecule has 1 aromatic rings. The third-order valence-corrected chi connectivity index (χ3v) is 0.903. The zero-order valence-corrected chi connectivity index (χ0v) is 4.89. The van der Waals surface area contributed by atoms with Crippen LogP contribution in [0.15, 0.2) is 12.3 Å². The normalized spacial score (nSPS) is 9.11. The van der Waals surface area contributed by atoms with E-state index in [4.69, 9.17) is 0 Å². The van der Waals surface area contributed by atoms with Crippen LogP contribution in [0.3, 0.4) is 0 Å². The highest BCUT2D eigenvalue weighted by atomic mass is 19.1. The van der Waals surface area contributed by atoms with E-state index in [1.165, 1.54) is 13.2 Å². The molecule has 0 N–H and O–H groups in total. The topological polar surface area (TPSA) is 22.1 Å². The largest absolute Gasteiger partial charge is 0.494 e. The summed E-state index contributed by atoms with van der Waals surface area (Å²) in [5.41, 5.74) is 0. The van der Waals surface area contributed by atoms with E-state index >= 15 is 0 Å². The Kier molecular flexibility index (Phi) is 1.63. The summed E-state index contributed by atoms with van der Waals surface area (Å²) in [6.45, 7) is 0. The fraction of sp³-hybridized carbons (Fsp3) is 0.167. The van der Waals surface area contributed by atoms with E-state index < -0.39 is 5.82 Å². The fourth-order valence-corrected chi connectivity index (χ4v) is 0.479. The lowest BCUT2D eigenvalue weighted by atomic mass is 10.4. The molecule has 0 fully saturated rings. The lowest BCUT2D eigenvalue weighted by molar-refractivity contribution is 0.385. The molecule has 0 aliphatic rings. The maximum Gasteiger partial charge on any atom is 0.183 e. The molecule has 47 valence electrons. The zero-order valence-electron chi connectivity index (χ0n) is 4.89. The van der Waals surface area contributed by atoms with Crippen molar-refractivity contribution < 1.29 is 9.13 Å². The smallest absolute Gasteiger partial charge is 0.183 e. The number of pyridine rings is 1. The summed E-state index contributed by atoms with van der Waals surface area (Å²) in [5, 5.41) is 0. The van der Waals surface area contributed by atoms with E-state index in [0.717, 1.165) is 6.20 Å². The lowest BCUT2D eigenvalue weighted by Gasteiger charge is -1.96. The third kappa shape index (κ3) is 1.16. The maximum absolute atomic E-state index is 12.4. The Morgan fingerprint density at radius 3 is 3.00 bits per heavy atom. The fourth-order valence-electron chi connectivity index (χ4n) is 0.479. The molecule has 0 saturated carbocycles. The first-order chi connectivity index (χ1) is 4.34. The standard InChI is InChI=1S/C6H5FNO/c1-9-6-2-3-8-4-5(6)7/h2,4H,1H3. The van der Waals surface area contributed by atoms with Gasteiger partial charge in [-0.15, -0.1) is 0 Å². The third-order valence-electron chi connectivity index (χ3n) is 0.903. The van der Waals surface area contributed by atoms with Gasteiger partial charge in [0.1, 0.15) is 0 Å². The predicted octanol–water partition coefficient (Wildman–Crippen LogP) is 1.03. The molecule has 0 aromatic carbocycles. The van der Waals surface area contributed by atoms with E-state index in [0.29, 0.717) is 0 Å². The van der Waals surface area contributed by atoms with E-state index in [1.54, 1.807) is 0 Å². The van der Waals surface area contributed by atoms with Crippen LogP contribution in [0.1, 0.15) is 0 Å². The number of methoxy groups -OCH3 is 1. The summed E-state index contributed by atoms with van der Waals surface area (Å²) in [7, 11) is 1.40. The highest BCUT2D eigenvalue weighted by molar-refractivity contribution is 5.18. The number of hydrogen-bond donors (Lipinski definition) is 0. The zero-order chi connectivity index (χ0) is 6.69. The number of aromatic nitrogens is 1. The van der Waals surface area contributed by atoms with E-state index in [2.05, 4.69) is 15.9 Å². The van der Waals surface area contributed by atoms with Gasteiger partial charge in [0.2, 0.25) is 0 Å². The van der Waals surface area contributed by atoms with E-state index in [1.807, 2.05) is 0 Å². The van der Waals surface area contributed by atoms with Gasteiger partial charge in [-0.3, -0.25) is 4.98 Å². The van der Waals surface area contributed by atoms with Crippen molar-refractivity contribution in [1.82, 2.24) is 4.98 Å². The number of rotatable bonds is 1. The molecule has 1 heterocycles. The SMILES string of the molecule is COc1c[c]ncc1F. The van der Waals surface area contributed by atoms with Gasteiger partial charge in [-0.2, -0.15) is 0 Å². The van der Waals surface area contributed by atoms with Crippen LogP contribution in [0.25, 0.3) is 0 Å². The van der Waals surface area contributed by atoms with Gasteiger partial charge in [0.25, 0.3) is 0 Å².